The molecule has 0 unspecified atom stereocenters. The molecule has 2 aromatic heterocycles. The maximum atomic E-state index is 13.5. The monoisotopic (exact) mass is 481 g/mol. The number of carbonyl (C=O) groups excluding carboxylic acids is 1. The van der Waals surface area contributed by atoms with Crippen molar-refractivity contribution in [3.05, 3.63) is 112 Å². The molecule has 1 amide bonds. The minimum atomic E-state index is -0.0720. The first kappa shape index (κ1) is 23.0. The summed E-state index contributed by atoms with van der Waals surface area (Å²) in [5, 5.41) is 0.645. The molecule has 1 saturated heterocycles. The van der Waals surface area contributed by atoms with Crippen LogP contribution in [-0.4, -0.2) is 20.5 Å². The molecule has 0 aliphatic carbocycles. The Kier molecular flexibility index (Phi) is 6.22. The van der Waals surface area contributed by atoms with Crippen LogP contribution in [0.4, 0.5) is 5.69 Å². The summed E-state index contributed by atoms with van der Waals surface area (Å²) >= 11 is 1.40. The largest absolute Gasteiger partial charge is 0.467 e. The molecule has 0 radical (unpaired) electrons. The molecule has 0 bridgehead atoms. The van der Waals surface area contributed by atoms with Crippen LogP contribution in [0.5, 0.6) is 0 Å². The van der Waals surface area contributed by atoms with Crippen LogP contribution in [0.3, 0.4) is 0 Å². The molecular weight excluding hydrogens is 454 g/mol. The van der Waals surface area contributed by atoms with E-state index in [1.54, 1.807) is 11.2 Å². The first-order valence-electron chi connectivity index (χ1n) is 11.5. The first-order chi connectivity index (χ1) is 16.9. The van der Waals surface area contributed by atoms with Gasteiger partial charge in [0.2, 0.25) is 0 Å². The average molecular weight is 482 g/mol. The Bertz CT molecular complexity index is 1430. The zero-order valence-electron chi connectivity index (χ0n) is 20.3. The maximum absolute atomic E-state index is 13.5. The van der Waals surface area contributed by atoms with Gasteiger partial charge in [0, 0.05) is 17.1 Å². The fraction of sp³-hybridized carbons (Fsp3) is 0.172. The summed E-state index contributed by atoms with van der Waals surface area (Å²) in [6.07, 6.45) is 3.60. The quantitative estimate of drug-likeness (QED) is 0.286. The zero-order valence-corrected chi connectivity index (χ0v) is 21.1. The minimum Gasteiger partial charge on any atom is -0.467 e. The lowest BCUT2D eigenvalue weighted by Gasteiger charge is -2.13. The number of furan rings is 1. The van der Waals surface area contributed by atoms with Gasteiger partial charge in [-0.1, -0.05) is 24.3 Å². The summed E-state index contributed by atoms with van der Waals surface area (Å²) in [5.41, 5.74) is 7.64. The van der Waals surface area contributed by atoms with Crippen LogP contribution in [0.2, 0.25) is 0 Å². The van der Waals surface area contributed by atoms with Crippen molar-refractivity contribution in [2.75, 3.05) is 0 Å². The van der Waals surface area contributed by atoms with E-state index in [4.69, 9.17) is 9.41 Å². The van der Waals surface area contributed by atoms with Crippen LogP contribution in [0.1, 0.15) is 33.8 Å². The van der Waals surface area contributed by atoms with Crippen LogP contribution in [0.15, 0.2) is 87.3 Å². The van der Waals surface area contributed by atoms with E-state index in [1.165, 1.54) is 22.9 Å². The number of amidine groups is 1. The van der Waals surface area contributed by atoms with Crippen molar-refractivity contribution in [3.63, 3.8) is 0 Å². The molecule has 6 heteroatoms. The predicted molar refractivity (Wildman–Crippen MR) is 143 cm³/mol. The molecule has 2 aromatic carbocycles. The molecule has 1 fully saturated rings. The van der Waals surface area contributed by atoms with Crippen molar-refractivity contribution in [2.45, 2.75) is 34.2 Å². The highest BCUT2D eigenvalue weighted by molar-refractivity contribution is 8.18. The molecule has 176 valence electrons. The highest BCUT2D eigenvalue weighted by Gasteiger charge is 2.34. The topological polar surface area (TPSA) is 50.7 Å². The van der Waals surface area contributed by atoms with Gasteiger partial charge in [-0.2, -0.15) is 0 Å². The highest BCUT2D eigenvalue weighted by Crippen LogP contribution is 2.36. The SMILES string of the molecule is Cc1cc(C)cc(-n2c(C)cc(/C=C3\SC(=Nc4ccccc4)N(Cc4ccco4)C3=O)c2C)c1. The van der Waals surface area contributed by atoms with Gasteiger partial charge < -0.3 is 8.98 Å². The van der Waals surface area contributed by atoms with E-state index in [1.807, 2.05) is 48.5 Å². The molecular formula is C29H27N3O2S. The van der Waals surface area contributed by atoms with E-state index in [2.05, 4.69) is 56.5 Å². The van der Waals surface area contributed by atoms with Crippen molar-refractivity contribution < 1.29 is 9.21 Å². The molecule has 4 aromatic rings. The summed E-state index contributed by atoms with van der Waals surface area (Å²) in [7, 11) is 0. The van der Waals surface area contributed by atoms with Gasteiger partial charge in [0.05, 0.1) is 23.4 Å². The number of amides is 1. The number of nitrogens with zero attached hydrogens (tertiary/aromatic N) is 3. The molecule has 1 aliphatic rings. The summed E-state index contributed by atoms with van der Waals surface area (Å²) in [6, 6.07) is 22.1. The van der Waals surface area contributed by atoms with Gasteiger partial charge in [0.15, 0.2) is 5.17 Å². The third kappa shape index (κ3) is 4.75. The van der Waals surface area contributed by atoms with Gasteiger partial charge >= 0.3 is 0 Å². The van der Waals surface area contributed by atoms with E-state index in [0.29, 0.717) is 22.4 Å². The number of hydrogen-bond donors (Lipinski definition) is 0. The molecule has 0 N–H and O–H groups in total. The first-order valence-corrected chi connectivity index (χ1v) is 12.4. The van der Waals surface area contributed by atoms with Gasteiger partial charge in [-0.15, -0.1) is 0 Å². The number of aliphatic imine (C=N–C) groups is 1. The second-order valence-electron chi connectivity index (χ2n) is 8.82. The van der Waals surface area contributed by atoms with Crippen molar-refractivity contribution >= 4 is 34.6 Å². The number of thioether (sulfide) groups is 1. The van der Waals surface area contributed by atoms with Gasteiger partial charge in [0.25, 0.3) is 5.91 Å². The molecule has 5 rings (SSSR count). The lowest BCUT2D eigenvalue weighted by molar-refractivity contribution is -0.122. The summed E-state index contributed by atoms with van der Waals surface area (Å²) in [4.78, 5) is 20.6. The molecule has 0 atom stereocenters. The number of hydrogen-bond acceptors (Lipinski definition) is 4. The second-order valence-corrected chi connectivity index (χ2v) is 9.83. The number of aromatic nitrogens is 1. The van der Waals surface area contributed by atoms with Crippen LogP contribution in [0.25, 0.3) is 11.8 Å². The van der Waals surface area contributed by atoms with Crippen LogP contribution in [0, 0.1) is 27.7 Å². The number of rotatable bonds is 5. The standard InChI is InChI=1S/C29H27N3O2S/c1-19-13-20(2)15-25(14-19)32-21(3)16-23(22(32)4)17-27-28(33)31(18-26-11-8-12-34-26)29(35-27)30-24-9-6-5-7-10-24/h5-17H,18H2,1-4H3/b27-17-,30-29?. The molecule has 0 spiro atoms. The molecule has 1 aliphatic heterocycles. The van der Waals surface area contributed by atoms with Crippen molar-refractivity contribution in [1.29, 1.82) is 0 Å². The van der Waals surface area contributed by atoms with Gasteiger partial charge in [-0.05, 0) is 105 Å². The summed E-state index contributed by atoms with van der Waals surface area (Å²) in [6.45, 7) is 8.76. The number of benzene rings is 2. The molecule has 0 saturated carbocycles. The lowest BCUT2D eigenvalue weighted by atomic mass is 10.1. The number of aryl methyl sites for hydroxylation is 3. The smallest absolute Gasteiger partial charge is 0.267 e. The zero-order chi connectivity index (χ0) is 24.5. The number of carbonyl (C=O) groups is 1. The van der Waals surface area contributed by atoms with Gasteiger partial charge in [-0.25, -0.2) is 4.99 Å². The molecule has 5 nitrogen and oxygen atoms in total. The third-order valence-corrected chi connectivity index (χ3v) is 6.99. The normalized spacial score (nSPS) is 16.1. The number of para-hydroxylation sites is 1. The Balaban J connectivity index is 1.53. The third-order valence-electron chi connectivity index (χ3n) is 5.98. The van der Waals surface area contributed by atoms with E-state index >= 15 is 0 Å². The van der Waals surface area contributed by atoms with Crippen LogP contribution < -0.4 is 0 Å². The Morgan fingerprint density at radius 3 is 2.37 bits per heavy atom. The predicted octanol–water partition coefficient (Wildman–Crippen LogP) is 7.11. The van der Waals surface area contributed by atoms with Crippen LogP contribution in [-0.2, 0) is 11.3 Å². The Labute approximate surface area is 209 Å². The van der Waals surface area contributed by atoms with Gasteiger partial charge in [0.1, 0.15) is 5.76 Å². The van der Waals surface area contributed by atoms with E-state index in [0.717, 1.165) is 28.3 Å². The fourth-order valence-corrected chi connectivity index (χ4v) is 5.44. The van der Waals surface area contributed by atoms with E-state index < -0.39 is 0 Å². The second kappa shape index (κ2) is 9.47. The van der Waals surface area contributed by atoms with E-state index in [-0.39, 0.29) is 5.91 Å². The summed E-state index contributed by atoms with van der Waals surface area (Å²) < 4.78 is 7.77. The van der Waals surface area contributed by atoms with E-state index in [9.17, 15) is 4.79 Å². The highest BCUT2D eigenvalue weighted by atomic mass is 32.2. The minimum absolute atomic E-state index is 0.0720. The Hall–Kier alpha value is -3.77. The lowest BCUT2D eigenvalue weighted by Crippen LogP contribution is -2.28. The average Bonchev–Trinajstić information content (AvgIpc) is 3.50. The maximum Gasteiger partial charge on any atom is 0.267 e. The van der Waals surface area contributed by atoms with Gasteiger partial charge in [-0.3, -0.25) is 9.69 Å². The van der Waals surface area contributed by atoms with Crippen molar-refractivity contribution in [1.82, 2.24) is 9.47 Å². The Morgan fingerprint density at radius 1 is 0.943 bits per heavy atom. The summed E-state index contributed by atoms with van der Waals surface area (Å²) in [5.74, 6) is 0.645. The Morgan fingerprint density at radius 2 is 1.69 bits per heavy atom. The van der Waals surface area contributed by atoms with Crippen molar-refractivity contribution in [3.8, 4) is 5.69 Å². The fourth-order valence-electron chi connectivity index (χ4n) is 4.45. The van der Waals surface area contributed by atoms with Crippen LogP contribution >= 0.6 is 11.8 Å². The van der Waals surface area contributed by atoms with Crippen molar-refractivity contribution in [2.24, 2.45) is 4.99 Å². The molecule has 35 heavy (non-hydrogen) atoms. The molecule has 3 heterocycles.